The number of anilines is 1. The summed E-state index contributed by atoms with van der Waals surface area (Å²) in [5.41, 5.74) is 2.14. The number of para-hydroxylation sites is 1. The van der Waals surface area contributed by atoms with Crippen LogP contribution in [0.25, 0.3) is 17.3 Å². The number of imide groups is 1. The van der Waals surface area contributed by atoms with E-state index < -0.39 is 17.5 Å². The Balaban J connectivity index is 1.13. The van der Waals surface area contributed by atoms with Gasteiger partial charge < -0.3 is 15.0 Å². The van der Waals surface area contributed by atoms with Crippen molar-refractivity contribution in [2.24, 2.45) is 5.92 Å². The summed E-state index contributed by atoms with van der Waals surface area (Å²) in [4.78, 5) is 38.8. The number of rotatable bonds is 8. The number of nitrogens with one attached hydrogen (secondary N) is 2. The highest BCUT2D eigenvalue weighted by molar-refractivity contribution is 8.18. The first-order valence-corrected chi connectivity index (χ1v) is 13.4. The maximum atomic E-state index is 12.8. The highest BCUT2D eigenvalue weighted by Gasteiger charge is 2.32. The molecule has 0 spiro atoms. The quantitative estimate of drug-likeness (QED) is 0.370. The summed E-state index contributed by atoms with van der Waals surface area (Å²) in [6.45, 7) is 2.88. The standard InChI is InChI=1S/C27H25F3N6O3S/c28-27(29,30)39-22-4-2-1-3-20(22)21-13-18(5-9-32-21)16-31-15-17-7-11-36(12-8-17)25-33-10-6-19(34-25)14-23-24(37)35-26(38)40-23/h1-6,9-10,13-14,17,31H,7-8,11-12,15-16H2,(H,35,37,38). The monoisotopic (exact) mass is 570 g/mol. The van der Waals surface area contributed by atoms with Crippen molar-refractivity contribution in [1.82, 2.24) is 25.6 Å². The van der Waals surface area contributed by atoms with Crippen molar-refractivity contribution in [3.8, 4) is 17.0 Å². The fourth-order valence-electron chi connectivity index (χ4n) is 4.53. The molecule has 0 unspecified atom stereocenters. The number of piperidine rings is 1. The summed E-state index contributed by atoms with van der Waals surface area (Å²) in [5.74, 6) is 0.304. The second kappa shape index (κ2) is 12.0. The van der Waals surface area contributed by atoms with E-state index in [-0.39, 0.29) is 11.3 Å². The zero-order chi connectivity index (χ0) is 28.1. The molecule has 5 rings (SSSR count). The van der Waals surface area contributed by atoms with Gasteiger partial charge in [-0.1, -0.05) is 12.1 Å². The van der Waals surface area contributed by atoms with Gasteiger partial charge in [0.1, 0.15) is 5.75 Å². The molecule has 0 atom stereocenters. The smallest absolute Gasteiger partial charge is 0.405 e. The lowest BCUT2D eigenvalue weighted by molar-refractivity contribution is -0.274. The Kier molecular flexibility index (Phi) is 8.31. The minimum Gasteiger partial charge on any atom is -0.405 e. The largest absolute Gasteiger partial charge is 0.573 e. The Morgan fingerprint density at radius 2 is 1.88 bits per heavy atom. The molecule has 0 saturated carbocycles. The summed E-state index contributed by atoms with van der Waals surface area (Å²) in [7, 11) is 0. The van der Waals surface area contributed by atoms with Crippen molar-refractivity contribution >= 4 is 34.9 Å². The molecule has 208 valence electrons. The predicted octanol–water partition coefficient (Wildman–Crippen LogP) is 4.77. The lowest BCUT2D eigenvalue weighted by Crippen LogP contribution is -2.38. The van der Waals surface area contributed by atoms with Crippen LogP contribution in [-0.4, -0.2) is 52.1 Å². The Hall–Kier alpha value is -3.97. The summed E-state index contributed by atoms with van der Waals surface area (Å²) >= 11 is 0.849. The Bertz CT molecular complexity index is 1430. The van der Waals surface area contributed by atoms with Crippen molar-refractivity contribution < 1.29 is 27.5 Å². The van der Waals surface area contributed by atoms with Crippen LogP contribution in [0.15, 0.2) is 59.8 Å². The van der Waals surface area contributed by atoms with Gasteiger partial charge in [0.15, 0.2) is 0 Å². The zero-order valence-electron chi connectivity index (χ0n) is 21.1. The number of alkyl halides is 3. The van der Waals surface area contributed by atoms with Crippen molar-refractivity contribution in [3.05, 3.63) is 71.0 Å². The van der Waals surface area contributed by atoms with Crippen LogP contribution in [0.2, 0.25) is 0 Å². The number of amides is 2. The summed E-state index contributed by atoms with van der Waals surface area (Å²) < 4.78 is 42.6. The maximum Gasteiger partial charge on any atom is 0.573 e. The first-order chi connectivity index (χ1) is 19.2. The third-order valence-electron chi connectivity index (χ3n) is 6.46. The van der Waals surface area contributed by atoms with Crippen molar-refractivity contribution in [2.45, 2.75) is 25.7 Å². The number of carbonyl (C=O) groups excluding carboxylic acids is 2. The van der Waals surface area contributed by atoms with Gasteiger partial charge in [0, 0.05) is 37.6 Å². The van der Waals surface area contributed by atoms with Crippen LogP contribution in [0.5, 0.6) is 5.75 Å². The molecule has 2 saturated heterocycles. The Labute approximate surface area is 232 Å². The average molecular weight is 571 g/mol. The van der Waals surface area contributed by atoms with Crippen LogP contribution in [0.4, 0.5) is 23.9 Å². The van der Waals surface area contributed by atoms with E-state index in [1.807, 2.05) is 6.07 Å². The van der Waals surface area contributed by atoms with E-state index in [4.69, 9.17) is 0 Å². The number of pyridine rings is 1. The van der Waals surface area contributed by atoms with E-state index in [9.17, 15) is 22.8 Å². The molecule has 0 radical (unpaired) electrons. The third-order valence-corrected chi connectivity index (χ3v) is 7.27. The van der Waals surface area contributed by atoms with E-state index in [0.717, 1.165) is 49.8 Å². The van der Waals surface area contributed by atoms with Crippen LogP contribution in [0, 0.1) is 5.92 Å². The molecule has 0 bridgehead atoms. The van der Waals surface area contributed by atoms with Gasteiger partial charge in [0.2, 0.25) is 5.95 Å². The van der Waals surface area contributed by atoms with E-state index in [1.165, 1.54) is 12.1 Å². The zero-order valence-corrected chi connectivity index (χ0v) is 22.0. The fourth-order valence-corrected chi connectivity index (χ4v) is 5.20. The number of carbonyl (C=O) groups is 2. The molecule has 2 aliphatic rings. The molecule has 3 aromatic rings. The van der Waals surface area contributed by atoms with E-state index >= 15 is 0 Å². The minimum absolute atomic E-state index is 0.273. The molecule has 4 heterocycles. The first-order valence-electron chi connectivity index (χ1n) is 12.6. The second-order valence-electron chi connectivity index (χ2n) is 9.29. The van der Waals surface area contributed by atoms with Gasteiger partial charge in [-0.3, -0.25) is 19.9 Å². The number of aromatic nitrogens is 3. The first kappa shape index (κ1) is 27.6. The fraction of sp³-hybridized carbons (Fsp3) is 0.296. The Morgan fingerprint density at radius 1 is 1.10 bits per heavy atom. The molecular weight excluding hydrogens is 545 g/mol. The average Bonchev–Trinajstić information content (AvgIpc) is 3.25. The molecular formula is C27H25F3N6O3S. The van der Waals surface area contributed by atoms with E-state index in [0.29, 0.717) is 34.7 Å². The molecule has 1 aromatic carbocycles. The predicted molar refractivity (Wildman–Crippen MR) is 144 cm³/mol. The van der Waals surface area contributed by atoms with Crippen molar-refractivity contribution in [2.75, 3.05) is 24.5 Å². The number of ether oxygens (including phenoxy) is 1. The van der Waals surface area contributed by atoms with Crippen LogP contribution < -0.4 is 20.3 Å². The number of thioether (sulfide) groups is 1. The lowest BCUT2D eigenvalue weighted by atomic mass is 9.97. The lowest BCUT2D eigenvalue weighted by Gasteiger charge is -2.32. The van der Waals surface area contributed by atoms with Crippen molar-refractivity contribution in [3.63, 3.8) is 0 Å². The minimum atomic E-state index is -4.79. The topological polar surface area (TPSA) is 109 Å². The molecule has 13 heteroatoms. The number of hydrogen-bond donors (Lipinski definition) is 2. The van der Waals surface area contributed by atoms with Gasteiger partial charge in [0.05, 0.1) is 16.3 Å². The van der Waals surface area contributed by atoms with E-state index in [1.54, 1.807) is 42.7 Å². The molecule has 2 amide bonds. The molecule has 9 nitrogen and oxygen atoms in total. The SMILES string of the molecule is O=C1NC(=O)C(=Cc2ccnc(N3CCC(CNCc4ccnc(-c5ccccc5OC(F)(F)F)c4)CC3)n2)S1. The van der Waals surface area contributed by atoms with Gasteiger partial charge in [-0.05, 0) is 79.0 Å². The van der Waals surface area contributed by atoms with Crippen LogP contribution in [0.3, 0.4) is 0 Å². The van der Waals surface area contributed by atoms with Crippen molar-refractivity contribution in [1.29, 1.82) is 0 Å². The maximum absolute atomic E-state index is 12.8. The molecule has 2 N–H and O–H groups in total. The number of halogens is 3. The van der Waals surface area contributed by atoms with Gasteiger partial charge in [-0.2, -0.15) is 0 Å². The summed E-state index contributed by atoms with van der Waals surface area (Å²) in [6, 6.07) is 11.2. The van der Waals surface area contributed by atoms with Gasteiger partial charge >= 0.3 is 6.36 Å². The van der Waals surface area contributed by atoms with Crippen LogP contribution >= 0.6 is 11.8 Å². The highest BCUT2D eigenvalue weighted by atomic mass is 32.2. The summed E-state index contributed by atoms with van der Waals surface area (Å²) in [5, 5.41) is 5.28. The summed E-state index contributed by atoms with van der Waals surface area (Å²) in [6.07, 6.45) is 1.87. The molecule has 40 heavy (non-hydrogen) atoms. The Morgan fingerprint density at radius 3 is 2.62 bits per heavy atom. The number of nitrogens with zero attached hydrogens (tertiary/aromatic N) is 4. The van der Waals surface area contributed by atoms with E-state index in [2.05, 4.69) is 35.2 Å². The molecule has 2 aromatic heterocycles. The number of hydrogen-bond acceptors (Lipinski definition) is 9. The van der Waals surface area contributed by atoms with Crippen LogP contribution in [0.1, 0.15) is 24.1 Å². The number of benzene rings is 1. The van der Waals surface area contributed by atoms with Gasteiger partial charge in [0.25, 0.3) is 11.1 Å². The normalized spacial score (nSPS) is 17.4. The van der Waals surface area contributed by atoms with Gasteiger partial charge in [-0.25, -0.2) is 9.97 Å². The molecule has 2 aliphatic heterocycles. The highest BCUT2D eigenvalue weighted by Crippen LogP contribution is 2.33. The molecule has 2 fully saturated rings. The van der Waals surface area contributed by atoms with Crippen LogP contribution in [-0.2, 0) is 11.3 Å². The van der Waals surface area contributed by atoms with Gasteiger partial charge in [-0.15, -0.1) is 13.2 Å². The molecule has 0 aliphatic carbocycles. The second-order valence-corrected chi connectivity index (χ2v) is 10.3. The third kappa shape index (κ3) is 7.16.